The van der Waals surface area contributed by atoms with Crippen molar-refractivity contribution in [1.82, 2.24) is 9.97 Å². The van der Waals surface area contributed by atoms with E-state index < -0.39 is 0 Å². The van der Waals surface area contributed by atoms with E-state index in [2.05, 4.69) is 29.5 Å². The van der Waals surface area contributed by atoms with Gasteiger partial charge in [0.2, 0.25) is 0 Å². The maximum absolute atomic E-state index is 4.37. The topological polar surface area (TPSA) is 25.8 Å². The molecule has 2 nitrogen and oxygen atoms in total. The van der Waals surface area contributed by atoms with Crippen molar-refractivity contribution in [2.24, 2.45) is 0 Å². The van der Waals surface area contributed by atoms with E-state index in [1.54, 1.807) is 0 Å². The molecule has 0 N–H and O–H groups in total. The highest BCUT2D eigenvalue weighted by Gasteiger charge is 2.01. The molecule has 1 rings (SSSR count). The molecule has 0 fully saturated rings. The molecule has 1 aromatic rings. The van der Waals surface area contributed by atoms with Crippen LogP contribution >= 0.6 is 12.6 Å². The minimum absolute atomic E-state index is 0.851. The summed E-state index contributed by atoms with van der Waals surface area (Å²) in [5.41, 5.74) is 2.40. The zero-order valence-corrected chi connectivity index (χ0v) is 8.43. The summed E-state index contributed by atoms with van der Waals surface area (Å²) in [5, 5.41) is 0. The number of aromatic nitrogens is 2. The predicted octanol–water partition coefficient (Wildman–Crippen LogP) is 1.82. The summed E-state index contributed by atoms with van der Waals surface area (Å²) in [4.78, 5) is 8.53. The molecular weight excluding hydrogens is 168 g/mol. The van der Waals surface area contributed by atoms with Gasteiger partial charge in [-0.05, 0) is 31.1 Å². The van der Waals surface area contributed by atoms with Crippen LogP contribution in [-0.4, -0.2) is 15.7 Å². The quantitative estimate of drug-likeness (QED) is 0.722. The van der Waals surface area contributed by atoms with Gasteiger partial charge in [0.1, 0.15) is 5.82 Å². The SMILES string of the molecule is CCc1cnc(C)nc1CCS. The summed E-state index contributed by atoms with van der Waals surface area (Å²) in [6.07, 6.45) is 3.86. The predicted molar refractivity (Wildman–Crippen MR) is 53.7 cm³/mol. The molecule has 0 radical (unpaired) electrons. The molecule has 1 heterocycles. The van der Waals surface area contributed by atoms with Crippen LogP contribution in [0.4, 0.5) is 0 Å². The Morgan fingerprint density at radius 1 is 1.50 bits per heavy atom. The van der Waals surface area contributed by atoms with Gasteiger partial charge in [0.15, 0.2) is 0 Å². The molecule has 0 spiro atoms. The monoisotopic (exact) mass is 182 g/mol. The standard InChI is InChI=1S/C9H14N2S/c1-3-8-6-10-7(2)11-9(8)4-5-12/h6,12H,3-5H2,1-2H3. The van der Waals surface area contributed by atoms with Crippen molar-refractivity contribution < 1.29 is 0 Å². The Morgan fingerprint density at radius 2 is 2.25 bits per heavy atom. The van der Waals surface area contributed by atoms with Gasteiger partial charge in [0.25, 0.3) is 0 Å². The second kappa shape index (κ2) is 4.45. The summed E-state index contributed by atoms with van der Waals surface area (Å²) in [7, 11) is 0. The molecule has 0 aliphatic carbocycles. The molecule has 0 saturated heterocycles. The highest BCUT2D eigenvalue weighted by atomic mass is 32.1. The normalized spacial score (nSPS) is 10.2. The molecule has 66 valence electrons. The van der Waals surface area contributed by atoms with Crippen LogP contribution in [0, 0.1) is 6.92 Å². The molecule has 0 bridgehead atoms. The summed E-state index contributed by atoms with van der Waals surface area (Å²) in [5.74, 6) is 1.70. The van der Waals surface area contributed by atoms with E-state index in [-0.39, 0.29) is 0 Å². The van der Waals surface area contributed by atoms with Crippen molar-refractivity contribution in [3.05, 3.63) is 23.3 Å². The Balaban J connectivity index is 2.95. The van der Waals surface area contributed by atoms with E-state index in [0.29, 0.717) is 0 Å². The van der Waals surface area contributed by atoms with Gasteiger partial charge in [0, 0.05) is 11.9 Å². The number of rotatable bonds is 3. The molecule has 0 atom stereocenters. The van der Waals surface area contributed by atoms with Gasteiger partial charge in [-0.25, -0.2) is 9.97 Å². The lowest BCUT2D eigenvalue weighted by atomic mass is 10.1. The smallest absolute Gasteiger partial charge is 0.125 e. The fourth-order valence-corrected chi connectivity index (χ4v) is 1.37. The first-order chi connectivity index (χ1) is 5.77. The van der Waals surface area contributed by atoms with Crippen molar-refractivity contribution >= 4 is 12.6 Å². The number of nitrogens with zero attached hydrogens (tertiary/aromatic N) is 2. The average molecular weight is 182 g/mol. The lowest BCUT2D eigenvalue weighted by molar-refractivity contribution is 0.901. The zero-order chi connectivity index (χ0) is 8.97. The molecule has 12 heavy (non-hydrogen) atoms. The van der Waals surface area contributed by atoms with Crippen LogP contribution in [0.15, 0.2) is 6.20 Å². The molecule has 0 aromatic carbocycles. The fraction of sp³-hybridized carbons (Fsp3) is 0.556. The molecule has 0 unspecified atom stereocenters. The van der Waals surface area contributed by atoms with Crippen LogP contribution in [0.5, 0.6) is 0 Å². The van der Waals surface area contributed by atoms with Crippen molar-refractivity contribution in [1.29, 1.82) is 0 Å². The van der Waals surface area contributed by atoms with Gasteiger partial charge in [-0.3, -0.25) is 0 Å². The third-order valence-corrected chi connectivity index (χ3v) is 2.03. The van der Waals surface area contributed by atoms with Crippen molar-refractivity contribution in [2.45, 2.75) is 26.7 Å². The van der Waals surface area contributed by atoms with E-state index >= 15 is 0 Å². The summed E-state index contributed by atoms with van der Waals surface area (Å²) < 4.78 is 0. The van der Waals surface area contributed by atoms with Gasteiger partial charge < -0.3 is 0 Å². The lowest BCUT2D eigenvalue weighted by Gasteiger charge is -2.04. The van der Waals surface area contributed by atoms with Crippen LogP contribution in [0.2, 0.25) is 0 Å². The first-order valence-electron chi connectivity index (χ1n) is 4.20. The van der Waals surface area contributed by atoms with Gasteiger partial charge in [0.05, 0.1) is 0 Å². The largest absolute Gasteiger partial charge is 0.241 e. The van der Waals surface area contributed by atoms with Gasteiger partial charge >= 0.3 is 0 Å². The Hall–Kier alpha value is -0.570. The van der Waals surface area contributed by atoms with Crippen molar-refractivity contribution in [2.75, 3.05) is 5.75 Å². The van der Waals surface area contributed by atoms with E-state index in [0.717, 1.165) is 30.1 Å². The Bertz CT molecular complexity index is 261. The van der Waals surface area contributed by atoms with Crippen LogP contribution < -0.4 is 0 Å². The molecular formula is C9H14N2S. The molecule has 1 aromatic heterocycles. The minimum atomic E-state index is 0.851. The van der Waals surface area contributed by atoms with Crippen molar-refractivity contribution in [3.8, 4) is 0 Å². The second-order valence-electron chi connectivity index (χ2n) is 2.72. The maximum Gasteiger partial charge on any atom is 0.125 e. The molecule has 0 saturated carbocycles. The second-order valence-corrected chi connectivity index (χ2v) is 3.16. The van der Waals surface area contributed by atoms with Gasteiger partial charge in [-0.1, -0.05) is 6.92 Å². The number of thiol groups is 1. The lowest BCUT2D eigenvalue weighted by Crippen LogP contribution is -2.01. The average Bonchev–Trinajstić information content (AvgIpc) is 2.05. The maximum atomic E-state index is 4.37. The number of aryl methyl sites for hydroxylation is 3. The molecule has 3 heteroatoms. The summed E-state index contributed by atoms with van der Waals surface area (Å²) in [6.45, 7) is 4.04. The van der Waals surface area contributed by atoms with E-state index in [1.807, 2.05) is 13.1 Å². The molecule has 0 aliphatic heterocycles. The Morgan fingerprint density at radius 3 is 2.83 bits per heavy atom. The molecule has 0 aliphatic rings. The van der Waals surface area contributed by atoms with Crippen LogP contribution in [0.25, 0.3) is 0 Å². The van der Waals surface area contributed by atoms with Gasteiger partial charge in [-0.15, -0.1) is 0 Å². The van der Waals surface area contributed by atoms with E-state index in [1.165, 1.54) is 5.56 Å². The highest BCUT2D eigenvalue weighted by molar-refractivity contribution is 7.80. The Labute approximate surface area is 78.9 Å². The van der Waals surface area contributed by atoms with E-state index in [4.69, 9.17) is 0 Å². The van der Waals surface area contributed by atoms with E-state index in [9.17, 15) is 0 Å². The first-order valence-corrected chi connectivity index (χ1v) is 4.83. The highest BCUT2D eigenvalue weighted by Crippen LogP contribution is 2.07. The van der Waals surface area contributed by atoms with Crippen LogP contribution in [-0.2, 0) is 12.8 Å². The minimum Gasteiger partial charge on any atom is -0.241 e. The van der Waals surface area contributed by atoms with Gasteiger partial charge in [-0.2, -0.15) is 12.6 Å². The summed E-state index contributed by atoms with van der Waals surface area (Å²) in [6, 6.07) is 0. The Kier molecular flexibility index (Phi) is 3.53. The first kappa shape index (κ1) is 9.52. The number of hydrogen-bond acceptors (Lipinski definition) is 3. The van der Waals surface area contributed by atoms with Crippen LogP contribution in [0.1, 0.15) is 24.0 Å². The zero-order valence-electron chi connectivity index (χ0n) is 7.54. The summed E-state index contributed by atoms with van der Waals surface area (Å²) >= 11 is 4.19. The third-order valence-electron chi connectivity index (χ3n) is 1.80. The third kappa shape index (κ3) is 2.21. The van der Waals surface area contributed by atoms with Crippen LogP contribution in [0.3, 0.4) is 0 Å². The van der Waals surface area contributed by atoms with Crippen molar-refractivity contribution in [3.63, 3.8) is 0 Å². The fourth-order valence-electron chi connectivity index (χ4n) is 1.16. The molecule has 0 amide bonds. The number of hydrogen-bond donors (Lipinski definition) is 1.